The first-order valence-electron chi connectivity index (χ1n) is 7.26. The largest absolute Gasteiger partial charge is 0.332 e. The number of fused-ring (bicyclic) bond motifs is 1. The lowest BCUT2D eigenvalue weighted by Crippen LogP contribution is -2.26. The highest BCUT2D eigenvalue weighted by molar-refractivity contribution is 5.20. The van der Waals surface area contributed by atoms with Gasteiger partial charge >= 0.3 is 0 Å². The molecule has 1 atom stereocenters. The summed E-state index contributed by atoms with van der Waals surface area (Å²) in [7, 11) is 0. The van der Waals surface area contributed by atoms with Crippen molar-refractivity contribution in [3.05, 3.63) is 17.2 Å². The van der Waals surface area contributed by atoms with Gasteiger partial charge < -0.3 is 14.8 Å². The van der Waals surface area contributed by atoms with Crippen molar-refractivity contribution in [3.8, 4) is 0 Å². The van der Waals surface area contributed by atoms with Gasteiger partial charge in [-0.3, -0.25) is 0 Å². The fraction of sp³-hybridized carbons (Fsp3) is 0.786. The number of imidazole rings is 1. The zero-order chi connectivity index (χ0) is 12.5. The Balaban J connectivity index is 1.74. The van der Waals surface area contributed by atoms with Crippen LogP contribution in [0.25, 0.3) is 0 Å². The third kappa shape index (κ3) is 2.19. The van der Waals surface area contributed by atoms with Crippen LogP contribution in [-0.4, -0.2) is 40.6 Å². The fourth-order valence-electron chi connectivity index (χ4n) is 3.36. The zero-order valence-electron chi connectivity index (χ0n) is 11.6. The SMILES string of the molecule is CCN1CCC(Cn2c(C)nc3c2CCNC3)C1. The monoisotopic (exact) mass is 248 g/mol. The Morgan fingerprint density at radius 2 is 2.33 bits per heavy atom. The second-order valence-electron chi connectivity index (χ2n) is 5.64. The van der Waals surface area contributed by atoms with Gasteiger partial charge in [-0.15, -0.1) is 0 Å². The molecule has 4 nitrogen and oxygen atoms in total. The van der Waals surface area contributed by atoms with E-state index in [1.807, 2.05) is 0 Å². The van der Waals surface area contributed by atoms with Crippen LogP contribution in [0, 0.1) is 12.8 Å². The summed E-state index contributed by atoms with van der Waals surface area (Å²) in [6, 6.07) is 0. The summed E-state index contributed by atoms with van der Waals surface area (Å²) in [5, 5.41) is 3.41. The van der Waals surface area contributed by atoms with Crippen molar-refractivity contribution in [1.29, 1.82) is 0 Å². The van der Waals surface area contributed by atoms with E-state index in [0.29, 0.717) is 0 Å². The number of rotatable bonds is 3. The summed E-state index contributed by atoms with van der Waals surface area (Å²) in [5.74, 6) is 2.02. The highest BCUT2D eigenvalue weighted by Crippen LogP contribution is 2.22. The summed E-state index contributed by atoms with van der Waals surface area (Å²) in [4.78, 5) is 7.28. The number of hydrogen-bond donors (Lipinski definition) is 1. The first-order chi connectivity index (χ1) is 8.78. The van der Waals surface area contributed by atoms with Gasteiger partial charge in [-0.1, -0.05) is 6.92 Å². The molecule has 4 heteroatoms. The Bertz CT molecular complexity index is 424. The molecule has 2 aliphatic heterocycles. The van der Waals surface area contributed by atoms with Gasteiger partial charge in [-0.05, 0) is 32.4 Å². The standard InChI is InChI=1S/C14H24N4/c1-3-17-7-5-12(9-17)10-18-11(2)16-13-8-15-6-4-14(13)18/h12,15H,3-10H2,1-2H3. The third-order valence-electron chi connectivity index (χ3n) is 4.44. The Labute approximate surface area is 109 Å². The van der Waals surface area contributed by atoms with Crippen LogP contribution in [0.1, 0.15) is 30.6 Å². The third-order valence-corrected chi connectivity index (χ3v) is 4.44. The van der Waals surface area contributed by atoms with E-state index >= 15 is 0 Å². The van der Waals surface area contributed by atoms with Crippen molar-refractivity contribution in [2.24, 2.45) is 5.92 Å². The van der Waals surface area contributed by atoms with Gasteiger partial charge in [0.15, 0.2) is 0 Å². The molecule has 3 heterocycles. The molecule has 1 unspecified atom stereocenters. The quantitative estimate of drug-likeness (QED) is 0.872. The van der Waals surface area contributed by atoms with Gasteiger partial charge in [0.05, 0.1) is 5.69 Å². The van der Waals surface area contributed by atoms with Crippen LogP contribution >= 0.6 is 0 Å². The van der Waals surface area contributed by atoms with E-state index in [2.05, 4.69) is 28.6 Å². The summed E-state index contributed by atoms with van der Waals surface area (Å²) in [6.07, 6.45) is 2.48. The molecule has 18 heavy (non-hydrogen) atoms. The molecule has 0 amide bonds. The Morgan fingerprint density at radius 3 is 3.11 bits per heavy atom. The number of aryl methyl sites for hydroxylation is 1. The van der Waals surface area contributed by atoms with E-state index in [-0.39, 0.29) is 0 Å². The Morgan fingerprint density at radius 1 is 1.44 bits per heavy atom. The molecular weight excluding hydrogens is 224 g/mol. The van der Waals surface area contributed by atoms with Crippen molar-refractivity contribution in [1.82, 2.24) is 19.8 Å². The topological polar surface area (TPSA) is 33.1 Å². The zero-order valence-corrected chi connectivity index (χ0v) is 11.6. The van der Waals surface area contributed by atoms with Crippen molar-refractivity contribution in [3.63, 3.8) is 0 Å². The maximum Gasteiger partial charge on any atom is 0.106 e. The highest BCUT2D eigenvalue weighted by atomic mass is 15.2. The molecule has 0 radical (unpaired) electrons. The predicted molar refractivity (Wildman–Crippen MR) is 72.6 cm³/mol. The highest BCUT2D eigenvalue weighted by Gasteiger charge is 2.24. The maximum absolute atomic E-state index is 4.72. The molecule has 3 rings (SSSR count). The number of nitrogens with one attached hydrogen (secondary N) is 1. The molecule has 1 N–H and O–H groups in total. The number of hydrogen-bond acceptors (Lipinski definition) is 3. The molecule has 0 aliphatic carbocycles. The smallest absolute Gasteiger partial charge is 0.106 e. The number of aromatic nitrogens is 2. The molecule has 100 valence electrons. The normalized spacial score (nSPS) is 24.4. The van der Waals surface area contributed by atoms with Gasteiger partial charge in [0.1, 0.15) is 5.82 Å². The van der Waals surface area contributed by atoms with Crippen LogP contribution in [-0.2, 0) is 19.5 Å². The molecular formula is C14H24N4. The minimum atomic E-state index is 0.817. The molecule has 1 saturated heterocycles. The van der Waals surface area contributed by atoms with E-state index in [0.717, 1.165) is 25.4 Å². The first-order valence-corrected chi connectivity index (χ1v) is 7.26. The van der Waals surface area contributed by atoms with Crippen molar-refractivity contribution in [2.45, 2.75) is 39.8 Å². The van der Waals surface area contributed by atoms with E-state index in [1.54, 1.807) is 0 Å². The van der Waals surface area contributed by atoms with Gasteiger partial charge in [-0.25, -0.2) is 4.98 Å². The van der Waals surface area contributed by atoms with Crippen molar-refractivity contribution < 1.29 is 0 Å². The van der Waals surface area contributed by atoms with E-state index in [1.165, 1.54) is 49.8 Å². The van der Waals surface area contributed by atoms with E-state index < -0.39 is 0 Å². The second-order valence-corrected chi connectivity index (χ2v) is 5.64. The van der Waals surface area contributed by atoms with E-state index in [9.17, 15) is 0 Å². The molecule has 1 aromatic heterocycles. The van der Waals surface area contributed by atoms with Gasteiger partial charge in [-0.2, -0.15) is 0 Å². The minimum absolute atomic E-state index is 0.817. The number of likely N-dealkylation sites (tertiary alicyclic amines) is 1. The molecule has 0 saturated carbocycles. The van der Waals surface area contributed by atoms with Crippen LogP contribution in [0.5, 0.6) is 0 Å². The lowest BCUT2D eigenvalue weighted by atomic mass is 10.1. The predicted octanol–water partition coefficient (Wildman–Crippen LogP) is 1.18. The average Bonchev–Trinajstić information content (AvgIpc) is 2.96. The van der Waals surface area contributed by atoms with Gasteiger partial charge in [0.25, 0.3) is 0 Å². The van der Waals surface area contributed by atoms with Crippen LogP contribution in [0.2, 0.25) is 0 Å². The number of nitrogens with zero attached hydrogens (tertiary/aromatic N) is 3. The van der Waals surface area contributed by atoms with E-state index in [4.69, 9.17) is 4.98 Å². The Kier molecular flexibility index (Phi) is 3.39. The van der Waals surface area contributed by atoms with Crippen molar-refractivity contribution >= 4 is 0 Å². The molecule has 1 aromatic rings. The second kappa shape index (κ2) is 5.02. The van der Waals surface area contributed by atoms with Crippen LogP contribution in [0.3, 0.4) is 0 Å². The van der Waals surface area contributed by atoms with Gasteiger partial charge in [0.2, 0.25) is 0 Å². The first kappa shape index (κ1) is 12.2. The molecule has 1 fully saturated rings. The Hall–Kier alpha value is -0.870. The molecule has 2 aliphatic rings. The summed E-state index contributed by atoms with van der Waals surface area (Å²) in [6.45, 7) is 11.4. The van der Waals surface area contributed by atoms with Crippen molar-refractivity contribution in [2.75, 3.05) is 26.2 Å². The average molecular weight is 248 g/mol. The van der Waals surface area contributed by atoms with Crippen LogP contribution < -0.4 is 5.32 Å². The fourth-order valence-corrected chi connectivity index (χ4v) is 3.36. The molecule has 0 spiro atoms. The van der Waals surface area contributed by atoms with Gasteiger partial charge in [0, 0.05) is 38.3 Å². The lowest BCUT2D eigenvalue weighted by molar-refractivity contribution is 0.330. The summed E-state index contributed by atoms with van der Waals surface area (Å²) >= 11 is 0. The maximum atomic E-state index is 4.72. The minimum Gasteiger partial charge on any atom is -0.332 e. The molecule has 0 aromatic carbocycles. The summed E-state index contributed by atoms with van der Waals surface area (Å²) < 4.78 is 2.49. The van der Waals surface area contributed by atoms with Crippen LogP contribution in [0.4, 0.5) is 0 Å². The van der Waals surface area contributed by atoms with Crippen LogP contribution in [0.15, 0.2) is 0 Å². The molecule has 0 bridgehead atoms. The lowest BCUT2D eigenvalue weighted by Gasteiger charge is -2.19. The summed E-state index contributed by atoms with van der Waals surface area (Å²) in [5.41, 5.74) is 2.77.